The molecule has 2 atom stereocenters. The van der Waals surface area contributed by atoms with Crippen molar-refractivity contribution in [3.63, 3.8) is 0 Å². The fourth-order valence-electron chi connectivity index (χ4n) is 3.33. The van der Waals surface area contributed by atoms with E-state index in [0.29, 0.717) is 11.4 Å². The van der Waals surface area contributed by atoms with E-state index in [1.807, 2.05) is 48.5 Å². The number of β-lactam (4-membered cyclic amide) rings is 1. The van der Waals surface area contributed by atoms with Gasteiger partial charge in [-0.2, -0.15) is 0 Å². The quantitative estimate of drug-likeness (QED) is 0.441. The van der Waals surface area contributed by atoms with Gasteiger partial charge in [-0.05, 0) is 48.9 Å². The third-order valence-electron chi connectivity index (χ3n) is 4.82. The summed E-state index contributed by atoms with van der Waals surface area (Å²) in [6, 6.07) is 14.2. The lowest BCUT2D eigenvalue weighted by molar-refractivity contribution is -0.135. The topological polar surface area (TPSA) is 77.1 Å². The Morgan fingerprint density at radius 3 is 2.03 bits per heavy atom. The molecule has 1 N–H and O–H groups in total. The number of hydrogen-bond acceptors (Lipinski definition) is 6. The molecule has 1 aliphatic rings. The van der Waals surface area contributed by atoms with Crippen molar-refractivity contribution < 1.29 is 23.8 Å². The van der Waals surface area contributed by atoms with Gasteiger partial charge in [0.2, 0.25) is 0 Å². The molecule has 0 aromatic heterocycles. The van der Waals surface area contributed by atoms with Gasteiger partial charge in [-0.15, -0.1) is 0 Å². The summed E-state index contributed by atoms with van der Waals surface area (Å²) in [6.45, 7) is 1.73. The summed E-state index contributed by atoms with van der Waals surface area (Å²) >= 11 is 0. The molecule has 1 fully saturated rings. The van der Waals surface area contributed by atoms with Crippen LogP contribution in [-0.2, 0) is 14.3 Å². The fraction of sp³-hybridized carbons (Fsp3) is 0.273. The highest BCUT2D eigenvalue weighted by atomic mass is 16.5. The molecule has 1 amide bonds. The number of carbonyl (C=O) groups excluding carboxylic acids is 2. The Balaban J connectivity index is 1.91. The van der Waals surface area contributed by atoms with Crippen molar-refractivity contribution in [2.24, 2.45) is 0 Å². The van der Waals surface area contributed by atoms with Crippen molar-refractivity contribution in [1.29, 1.82) is 0 Å². The second-order valence-electron chi connectivity index (χ2n) is 6.60. The van der Waals surface area contributed by atoms with E-state index >= 15 is 0 Å². The zero-order valence-electron chi connectivity index (χ0n) is 16.8. The molecule has 7 heteroatoms. The van der Waals surface area contributed by atoms with Crippen LogP contribution in [0.5, 0.6) is 11.5 Å². The summed E-state index contributed by atoms with van der Waals surface area (Å²) in [5.41, 5.74) is 2.27. The minimum absolute atomic E-state index is 0.0893. The molecule has 0 saturated carbocycles. The summed E-state index contributed by atoms with van der Waals surface area (Å²) in [5.74, 6) is 0.888. The Labute approximate surface area is 169 Å². The highest BCUT2D eigenvalue weighted by Gasteiger charge is 2.49. The maximum atomic E-state index is 13.0. The van der Waals surface area contributed by atoms with Crippen molar-refractivity contribution in [2.45, 2.75) is 19.0 Å². The predicted molar refractivity (Wildman–Crippen MR) is 109 cm³/mol. The number of amides is 1. The van der Waals surface area contributed by atoms with E-state index in [4.69, 9.17) is 9.47 Å². The molecule has 1 saturated heterocycles. The molecule has 3 rings (SSSR count). The van der Waals surface area contributed by atoms with E-state index in [9.17, 15) is 9.59 Å². The standard InChI is InChI=1S/C22H24N2O5/c1-14(13-19(25)29-4)23-20-21(15-5-9-17(27-2)10-6-15)24(22(20)26)16-7-11-18(28-3)12-8-16/h5-13,20-21,23H,1-4H3/b14-13+/t20-,21+/m1/s1. The molecule has 1 heterocycles. The monoisotopic (exact) mass is 396 g/mol. The summed E-state index contributed by atoms with van der Waals surface area (Å²) in [6.07, 6.45) is 1.33. The highest BCUT2D eigenvalue weighted by molar-refractivity contribution is 6.06. The number of allylic oxidation sites excluding steroid dienone is 1. The lowest BCUT2D eigenvalue weighted by Crippen LogP contribution is -2.64. The Morgan fingerprint density at radius 1 is 0.966 bits per heavy atom. The van der Waals surface area contributed by atoms with Crippen molar-refractivity contribution in [2.75, 3.05) is 26.2 Å². The van der Waals surface area contributed by atoms with Crippen LogP contribution in [-0.4, -0.2) is 39.2 Å². The van der Waals surface area contributed by atoms with Crippen LogP contribution in [0.15, 0.2) is 60.3 Å². The molecule has 0 spiro atoms. The predicted octanol–water partition coefficient (Wildman–Crippen LogP) is 2.83. The van der Waals surface area contributed by atoms with Gasteiger partial charge in [-0.3, -0.25) is 4.79 Å². The number of anilines is 1. The Morgan fingerprint density at radius 2 is 1.52 bits per heavy atom. The summed E-state index contributed by atoms with van der Waals surface area (Å²) in [7, 11) is 4.52. The Kier molecular flexibility index (Phi) is 6.07. The second-order valence-corrected chi connectivity index (χ2v) is 6.60. The molecular weight excluding hydrogens is 372 g/mol. The van der Waals surface area contributed by atoms with Crippen molar-refractivity contribution in [1.82, 2.24) is 5.32 Å². The van der Waals surface area contributed by atoms with E-state index < -0.39 is 12.0 Å². The first-order valence-electron chi connectivity index (χ1n) is 9.12. The normalized spacial score (nSPS) is 18.7. The molecule has 2 aromatic carbocycles. The number of esters is 1. The van der Waals surface area contributed by atoms with Crippen LogP contribution in [0.4, 0.5) is 5.69 Å². The van der Waals surface area contributed by atoms with Gasteiger partial charge in [0.15, 0.2) is 0 Å². The molecule has 0 bridgehead atoms. The SMILES string of the molecule is COC(=O)/C=C(\C)N[C@H]1C(=O)N(c2ccc(OC)cc2)[C@H]1c1ccc(OC)cc1. The van der Waals surface area contributed by atoms with Gasteiger partial charge in [0, 0.05) is 17.5 Å². The van der Waals surface area contributed by atoms with Crippen molar-refractivity contribution in [3.8, 4) is 11.5 Å². The fourth-order valence-corrected chi connectivity index (χ4v) is 3.33. The van der Waals surface area contributed by atoms with Crippen molar-refractivity contribution in [3.05, 3.63) is 65.9 Å². The number of benzene rings is 2. The molecule has 0 radical (unpaired) electrons. The van der Waals surface area contributed by atoms with Crippen LogP contribution in [0.1, 0.15) is 18.5 Å². The Hall–Kier alpha value is -3.48. The first-order chi connectivity index (χ1) is 14.0. The highest BCUT2D eigenvalue weighted by Crippen LogP contribution is 2.40. The lowest BCUT2D eigenvalue weighted by atomic mass is 9.87. The number of rotatable bonds is 7. The first-order valence-corrected chi connectivity index (χ1v) is 9.12. The third-order valence-corrected chi connectivity index (χ3v) is 4.82. The number of ether oxygens (including phenoxy) is 3. The van der Waals surface area contributed by atoms with E-state index in [1.165, 1.54) is 13.2 Å². The lowest BCUT2D eigenvalue weighted by Gasteiger charge is -2.48. The van der Waals surface area contributed by atoms with Gasteiger partial charge in [-0.1, -0.05) is 12.1 Å². The van der Waals surface area contributed by atoms with Gasteiger partial charge < -0.3 is 24.4 Å². The van der Waals surface area contributed by atoms with E-state index in [0.717, 1.165) is 17.0 Å². The van der Waals surface area contributed by atoms with Crippen LogP contribution < -0.4 is 19.7 Å². The average molecular weight is 396 g/mol. The van der Waals surface area contributed by atoms with Gasteiger partial charge in [0.05, 0.1) is 27.4 Å². The van der Waals surface area contributed by atoms with Gasteiger partial charge in [-0.25, -0.2) is 4.79 Å². The van der Waals surface area contributed by atoms with Crippen LogP contribution in [0, 0.1) is 0 Å². The van der Waals surface area contributed by atoms with Crippen LogP contribution >= 0.6 is 0 Å². The van der Waals surface area contributed by atoms with Crippen molar-refractivity contribution >= 4 is 17.6 Å². The number of carbonyl (C=O) groups is 2. The minimum Gasteiger partial charge on any atom is -0.497 e. The molecular formula is C22H24N2O5. The van der Waals surface area contributed by atoms with E-state index in [2.05, 4.69) is 10.1 Å². The molecule has 1 aliphatic heterocycles. The Bertz CT molecular complexity index is 906. The average Bonchev–Trinajstić information content (AvgIpc) is 2.75. The van der Waals surface area contributed by atoms with Gasteiger partial charge in [0.25, 0.3) is 5.91 Å². The van der Waals surface area contributed by atoms with Crippen LogP contribution in [0.3, 0.4) is 0 Å². The van der Waals surface area contributed by atoms with Crippen LogP contribution in [0.25, 0.3) is 0 Å². The maximum absolute atomic E-state index is 13.0. The molecule has 0 unspecified atom stereocenters. The van der Waals surface area contributed by atoms with Crippen LogP contribution in [0.2, 0.25) is 0 Å². The zero-order chi connectivity index (χ0) is 21.0. The maximum Gasteiger partial charge on any atom is 0.332 e. The largest absolute Gasteiger partial charge is 0.497 e. The smallest absolute Gasteiger partial charge is 0.332 e. The van der Waals surface area contributed by atoms with Gasteiger partial charge >= 0.3 is 5.97 Å². The number of hydrogen-bond donors (Lipinski definition) is 1. The summed E-state index contributed by atoms with van der Waals surface area (Å²) in [5, 5.41) is 3.14. The number of methoxy groups -OCH3 is 3. The molecule has 0 aliphatic carbocycles. The molecule has 7 nitrogen and oxygen atoms in total. The molecule has 29 heavy (non-hydrogen) atoms. The minimum atomic E-state index is -0.508. The molecule has 2 aromatic rings. The van der Waals surface area contributed by atoms with Gasteiger partial charge in [0.1, 0.15) is 17.5 Å². The van der Waals surface area contributed by atoms with E-state index in [1.54, 1.807) is 26.0 Å². The molecule has 152 valence electrons. The third kappa shape index (κ3) is 4.18. The number of nitrogens with one attached hydrogen (secondary N) is 1. The first kappa shape index (κ1) is 20.3. The zero-order valence-corrected chi connectivity index (χ0v) is 16.8. The van der Waals surface area contributed by atoms with E-state index in [-0.39, 0.29) is 11.9 Å². The summed E-state index contributed by atoms with van der Waals surface area (Å²) < 4.78 is 15.1. The number of nitrogens with zero attached hydrogens (tertiary/aromatic N) is 1. The second kappa shape index (κ2) is 8.68. The summed E-state index contributed by atoms with van der Waals surface area (Å²) in [4.78, 5) is 26.2.